The van der Waals surface area contributed by atoms with Crippen molar-refractivity contribution >= 4 is 15.8 Å². The molecule has 0 bridgehead atoms. The van der Waals surface area contributed by atoms with Crippen LogP contribution < -0.4 is 10.0 Å². The maximum atomic E-state index is 12.4. The summed E-state index contributed by atoms with van der Waals surface area (Å²) in [4.78, 5) is 4.38. The van der Waals surface area contributed by atoms with Crippen molar-refractivity contribution in [2.75, 3.05) is 18.4 Å². The fourth-order valence-corrected chi connectivity index (χ4v) is 3.94. The SMILES string of the molecule is CCCNc1ncccc1S(=O)(=O)NCCC1CCCC1. The van der Waals surface area contributed by atoms with Gasteiger partial charge in [0.2, 0.25) is 10.0 Å². The van der Waals surface area contributed by atoms with E-state index in [0.717, 1.165) is 12.8 Å². The number of hydrogen-bond acceptors (Lipinski definition) is 4. The van der Waals surface area contributed by atoms with E-state index in [1.54, 1.807) is 18.3 Å². The first-order chi connectivity index (χ1) is 10.1. The van der Waals surface area contributed by atoms with Crippen LogP contribution in [-0.4, -0.2) is 26.5 Å². The van der Waals surface area contributed by atoms with E-state index >= 15 is 0 Å². The lowest BCUT2D eigenvalue weighted by molar-refractivity contribution is 0.495. The van der Waals surface area contributed by atoms with Gasteiger partial charge in [-0.1, -0.05) is 32.6 Å². The van der Waals surface area contributed by atoms with Crippen molar-refractivity contribution in [1.29, 1.82) is 0 Å². The zero-order chi connectivity index (χ0) is 15.1. The molecule has 1 heterocycles. The van der Waals surface area contributed by atoms with E-state index in [-0.39, 0.29) is 4.90 Å². The average molecular weight is 311 g/mol. The molecule has 1 fully saturated rings. The van der Waals surface area contributed by atoms with Crippen LogP contribution in [0.3, 0.4) is 0 Å². The molecule has 21 heavy (non-hydrogen) atoms. The molecule has 2 rings (SSSR count). The molecule has 0 spiro atoms. The van der Waals surface area contributed by atoms with Gasteiger partial charge in [-0.15, -0.1) is 0 Å². The second-order valence-corrected chi connectivity index (χ2v) is 7.35. The Bertz CT molecular complexity index is 540. The van der Waals surface area contributed by atoms with Gasteiger partial charge in [0.1, 0.15) is 10.7 Å². The zero-order valence-corrected chi connectivity index (χ0v) is 13.5. The van der Waals surface area contributed by atoms with Gasteiger partial charge in [-0.2, -0.15) is 0 Å². The van der Waals surface area contributed by atoms with Gasteiger partial charge >= 0.3 is 0 Å². The highest BCUT2D eigenvalue weighted by Gasteiger charge is 2.20. The third-order valence-corrected chi connectivity index (χ3v) is 5.41. The van der Waals surface area contributed by atoms with Crippen LogP contribution in [0.1, 0.15) is 45.4 Å². The summed E-state index contributed by atoms with van der Waals surface area (Å²) in [6.45, 7) is 3.25. The largest absolute Gasteiger partial charge is 0.369 e. The molecule has 1 aromatic heterocycles. The van der Waals surface area contributed by atoms with E-state index in [1.165, 1.54) is 25.7 Å². The molecule has 0 atom stereocenters. The molecule has 0 aromatic carbocycles. The molecule has 118 valence electrons. The van der Waals surface area contributed by atoms with Crippen LogP contribution in [0, 0.1) is 5.92 Å². The lowest BCUT2D eigenvalue weighted by atomic mass is 10.1. The van der Waals surface area contributed by atoms with Crippen molar-refractivity contribution < 1.29 is 8.42 Å². The number of nitrogens with zero attached hydrogens (tertiary/aromatic N) is 1. The van der Waals surface area contributed by atoms with Crippen molar-refractivity contribution in [3.63, 3.8) is 0 Å². The molecule has 6 heteroatoms. The lowest BCUT2D eigenvalue weighted by Gasteiger charge is -2.13. The van der Waals surface area contributed by atoms with Crippen LogP contribution in [0.25, 0.3) is 0 Å². The van der Waals surface area contributed by atoms with Crippen LogP contribution in [0.5, 0.6) is 0 Å². The number of hydrogen-bond donors (Lipinski definition) is 2. The third kappa shape index (κ3) is 4.68. The van der Waals surface area contributed by atoms with E-state index in [1.807, 2.05) is 6.92 Å². The summed E-state index contributed by atoms with van der Waals surface area (Å²) in [6.07, 6.45) is 8.49. The van der Waals surface area contributed by atoms with Crippen molar-refractivity contribution in [2.24, 2.45) is 5.92 Å². The highest BCUT2D eigenvalue weighted by Crippen LogP contribution is 2.27. The van der Waals surface area contributed by atoms with Crippen molar-refractivity contribution in [3.05, 3.63) is 18.3 Å². The molecule has 0 radical (unpaired) electrons. The number of nitrogens with one attached hydrogen (secondary N) is 2. The monoisotopic (exact) mass is 311 g/mol. The molecule has 1 aromatic rings. The molecule has 1 saturated carbocycles. The van der Waals surface area contributed by atoms with Crippen LogP contribution >= 0.6 is 0 Å². The van der Waals surface area contributed by atoms with Gasteiger partial charge in [0.15, 0.2) is 0 Å². The second-order valence-electron chi connectivity index (χ2n) is 5.61. The summed E-state index contributed by atoms with van der Waals surface area (Å²) >= 11 is 0. The topological polar surface area (TPSA) is 71.1 Å². The maximum Gasteiger partial charge on any atom is 0.244 e. The number of anilines is 1. The fourth-order valence-electron chi connectivity index (χ4n) is 2.76. The van der Waals surface area contributed by atoms with Crippen LogP contribution in [0.15, 0.2) is 23.2 Å². The molecule has 0 amide bonds. The molecule has 5 nitrogen and oxygen atoms in total. The first-order valence-electron chi connectivity index (χ1n) is 7.82. The summed E-state index contributed by atoms with van der Waals surface area (Å²) in [6, 6.07) is 3.26. The number of aromatic nitrogens is 1. The Balaban J connectivity index is 1.97. The van der Waals surface area contributed by atoms with Crippen LogP contribution in [0.2, 0.25) is 0 Å². The Morgan fingerprint density at radius 1 is 1.29 bits per heavy atom. The van der Waals surface area contributed by atoms with Crippen molar-refractivity contribution in [3.8, 4) is 0 Å². The predicted octanol–water partition coefficient (Wildman–Crippen LogP) is 2.76. The summed E-state index contributed by atoms with van der Waals surface area (Å²) in [5.74, 6) is 1.12. The number of sulfonamides is 1. The predicted molar refractivity (Wildman–Crippen MR) is 84.8 cm³/mol. The zero-order valence-electron chi connectivity index (χ0n) is 12.6. The molecular weight excluding hydrogens is 286 g/mol. The molecule has 1 aliphatic rings. The Hall–Kier alpha value is -1.14. The Kier molecular flexibility index (Phi) is 5.99. The quantitative estimate of drug-likeness (QED) is 0.774. The lowest BCUT2D eigenvalue weighted by Crippen LogP contribution is -2.27. The minimum Gasteiger partial charge on any atom is -0.369 e. The molecule has 2 N–H and O–H groups in total. The molecule has 1 aliphatic carbocycles. The maximum absolute atomic E-state index is 12.4. The van der Waals surface area contributed by atoms with Crippen molar-refractivity contribution in [1.82, 2.24) is 9.71 Å². The molecule has 0 aliphatic heterocycles. The highest BCUT2D eigenvalue weighted by atomic mass is 32.2. The Morgan fingerprint density at radius 2 is 2.05 bits per heavy atom. The summed E-state index contributed by atoms with van der Waals surface area (Å²) < 4.78 is 27.5. The Labute approximate surface area is 127 Å². The Morgan fingerprint density at radius 3 is 2.76 bits per heavy atom. The van der Waals surface area contributed by atoms with E-state index in [9.17, 15) is 8.42 Å². The van der Waals surface area contributed by atoms with Gasteiger partial charge in [-0.25, -0.2) is 18.1 Å². The van der Waals surface area contributed by atoms with E-state index in [2.05, 4.69) is 15.0 Å². The van der Waals surface area contributed by atoms with E-state index in [0.29, 0.717) is 24.8 Å². The van der Waals surface area contributed by atoms with Crippen LogP contribution in [0.4, 0.5) is 5.82 Å². The fraction of sp³-hybridized carbons (Fsp3) is 0.667. The number of pyridine rings is 1. The third-order valence-electron chi connectivity index (χ3n) is 3.92. The summed E-state index contributed by atoms with van der Waals surface area (Å²) in [5.41, 5.74) is 0. The smallest absolute Gasteiger partial charge is 0.244 e. The highest BCUT2D eigenvalue weighted by molar-refractivity contribution is 7.89. The van der Waals surface area contributed by atoms with Gasteiger partial charge in [0.05, 0.1) is 0 Å². The van der Waals surface area contributed by atoms with E-state index in [4.69, 9.17) is 0 Å². The molecule has 0 unspecified atom stereocenters. The van der Waals surface area contributed by atoms with Crippen LogP contribution in [-0.2, 0) is 10.0 Å². The first-order valence-corrected chi connectivity index (χ1v) is 9.30. The van der Waals surface area contributed by atoms with Gasteiger partial charge in [0, 0.05) is 19.3 Å². The average Bonchev–Trinajstić information content (AvgIpc) is 2.98. The van der Waals surface area contributed by atoms with E-state index < -0.39 is 10.0 Å². The van der Waals surface area contributed by atoms with Gasteiger partial charge in [-0.3, -0.25) is 0 Å². The molecular formula is C15H25N3O2S. The first kappa shape index (κ1) is 16.2. The summed E-state index contributed by atoms with van der Waals surface area (Å²) in [5, 5.41) is 3.07. The minimum absolute atomic E-state index is 0.241. The molecule has 0 saturated heterocycles. The normalized spacial score (nSPS) is 16.2. The standard InChI is InChI=1S/C15H25N3O2S/c1-2-10-16-15-14(8-5-11-17-15)21(19,20)18-12-9-13-6-3-4-7-13/h5,8,11,13,18H,2-4,6-7,9-10,12H2,1H3,(H,16,17). The summed E-state index contributed by atoms with van der Waals surface area (Å²) in [7, 11) is -3.49. The van der Waals surface area contributed by atoms with Gasteiger partial charge in [0.25, 0.3) is 0 Å². The minimum atomic E-state index is -3.49. The van der Waals surface area contributed by atoms with Gasteiger partial charge < -0.3 is 5.32 Å². The number of rotatable bonds is 8. The van der Waals surface area contributed by atoms with Gasteiger partial charge in [-0.05, 0) is 30.9 Å². The second kappa shape index (κ2) is 7.75. The van der Waals surface area contributed by atoms with Crippen molar-refractivity contribution in [2.45, 2.75) is 50.3 Å².